The first-order valence-electron chi connectivity index (χ1n) is 7.60. The Morgan fingerprint density at radius 2 is 2.00 bits per heavy atom. The molecule has 0 aliphatic rings. The lowest BCUT2D eigenvalue weighted by molar-refractivity contribution is 0.0601. The SMILES string of the molecule is CCn1c(=NC(=O)c2cccc(F)c2)sc2cc(C(=O)OC)ccc21. The summed E-state index contributed by atoms with van der Waals surface area (Å²) in [5.41, 5.74) is 1.49. The van der Waals surface area contributed by atoms with E-state index < -0.39 is 17.7 Å². The smallest absolute Gasteiger partial charge is 0.337 e. The largest absolute Gasteiger partial charge is 0.465 e. The number of nitrogens with zero attached hydrogens (tertiary/aromatic N) is 2. The van der Waals surface area contributed by atoms with Crippen molar-refractivity contribution in [1.82, 2.24) is 4.57 Å². The zero-order valence-corrected chi connectivity index (χ0v) is 14.5. The summed E-state index contributed by atoms with van der Waals surface area (Å²) >= 11 is 1.29. The van der Waals surface area contributed by atoms with Gasteiger partial charge in [-0.05, 0) is 43.3 Å². The van der Waals surface area contributed by atoms with Crippen molar-refractivity contribution < 1.29 is 18.7 Å². The molecule has 0 N–H and O–H groups in total. The monoisotopic (exact) mass is 358 g/mol. The van der Waals surface area contributed by atoms with Gasteiger partial charge in [-0.1, -0.05) is 17.4 Å². The quantitative estimate of drug-likeness (QED) is 0.674. The molecule has 5 nitrogen and oxygen atoms in total. The van der Waals surface area contributed by atoms with E-state index in [2.05, 4.69) is 4.99 Å². The van der Waals surface area contributed by atoms with Crippen LogP contribution >= 0.6 is 11.3 Å². The molecule has 0 aliphatic heterocycles. The molecule has 0 unspecified atom stereocenters. The highest BCUT2D eigenvalue weighted by molar-refractivity contribution is 7.16. The Balaban J connectivity index is 2.11. The van der Waals surface area contributed by atoms with Crippen LogP contribution in [-0.4, -0.2) is 23.6 Å². The Kier molecular flexibility index (Phi) is 4.76. The van der Waals surface area contributed by atoms with Crippen molar-refractivity contribution in [2.75, 3.05) is 7.11 Å². The maximum Gasteiger partial charge on any atom is 0.337 e. The number of hydrogen-bond donors (Lipinski definition) is 0. The molecule has 0 aliphatic carbocycles. The van der Waals surface area contributed by atoms with Gasteiger partial charge in [-0.15, -0.1) is 0 Å². The number of halogens is 1. The molecule has 25 heavy (non-hydrogen) atoms. The lowest BCUT2D eigenvalue weighted by atomic mass is 10.2. The molecule has 1 heterocycles. The number of aromatic nitrogens is 1. The third kappa shape index (κ3) is 3.36. The van der Waals surface area contributed by atoms with Crippen LogP contribution in [0.4, 0.5) is 4.39 Å². The molecule has 0 fully saturated rings. The number of fused-ring (bicyclic) bond motifs is 1. The van der Waals surface area contributed by atoms with Crippen LogP contribution in [0.25, 0.3) is 10.2 Å². The molecule has 0 atom stereocenters. The number of thiazole rings is 1. The van der Waals surface area contributed by atoms with E-state index in [0.29, 0.717) is 16.9 Å². The van der Waals surface area contributed by atoms with Crippen molar-refractivity contribution in [2.24, 2.45) is 4.99 Å². The Hall–Kier alpha value is -2.80. The number of carbonyl (C=O) groups excluding carboxylic acids is 2. The molecular formula is C18H15FN2O3S. The van der Waals surface area contributed by atoms with Crippen LogP contribution in [0.3, 0.4) is 0 Å². The van der Waals surface area contributed by atoms with Gasteiger partial charge in [0, 0.05) is 12.1 Å². The second-order valence-electron chi connectivity index (χ2n) is 5.23. The first kappa shape index (κ1) is 17.0. The maximum atomic E-state index is 13.3. The number of rotatable bonds is 3. The summed E-state index contributed by atoms with van der Waals surface area (Å²) in [7, 11) is 1.32. The summed E-state index contributed by atoms with van der Waals surface area (Å²) in [4.78, 5) is 28.6. The van der Waals surface area contributed by atoms with Crippen molar-refractivity contribution in [3.8, 4) is 0 Å². The molecule has 0 radical (unpaired) electrons. The molecule has 1 aromatic heterocycles. The predicted octanol–water partition coefficient (Wildman–Crippen LogP) is 3.39. The minimum Gasteiger partial charge on any atom is -0.465 e. The number of ether oxygens (including phenoxy) is 1. The van der Waals surface area contributed by atoms with E-state index in [1.54, 1.807) is 18.2 Å². The molecule has 3 aromatic rings. The van der Waals surface area contributed by atoms with Crippen molar-refractivity contribution in [3.63, 3.8) is 0 Å². The topological polar surface area (TPSA) is 60.7 Å². The van der Waals surface area contributed by atoms with Gasteiger partial charge in [0.15, 0.2) is 4.80 Å². The fraction of sp³-hybridized carbons (Fsp3) is 0.167. The number of benzene rings is 2. The summed E-state index contributed by atoms with van der Waals surface area (Å²) in [6, 6.07) is 10.6. The molecule has 2 aromatic carbocycles. The van der Waals surface area contributed by atoms with Crippen LogP contribution < -0.4 is 4.80 Å². The van der Waals surface area contributed by atoms with Gasteiger partial charge in [0.2, 0.25) is 0 Å². The van der Waals surface area contributed by atoms with Gasteiger partial charge in [-0.2, -0.15) is 4.99 Å². The van der Waals surface area contributed by atoms with E-state index in [1.807, 2.05) is 11.5 Å². The van der Waals surface area contributed by atoms with Crippen LogP contribution in [-0.2, 0) is 11.3 Å². The van der Waals surface area contributed by atoms with Gasteiger partial charge >= 0.3 is 5.97 Å². The molecule has 0 saturated heterocycles. The van der Waals surface area contributed by atoms with Crippen LogP contribution in [0.2, 0.25) is 0 Å². The minimum atomic E-state index is -0.513. The van der Waals surface area contributed by atoms with Crippen molar-refractivity contribution in [3.05, 3.63) is 64.2 Å². The minimum absolute atomic E-state index is 0.190. The first-order valence-corrected chi connectivity index (χ1v) is 8.41. The maximum absolute atomic E-state index is 13.3. The van der Waals surface area contributed by atoms with Gasteiger partial charge in [0.05, 0.1) is 22.9 Å². The number of methoxy groups -OCH3 is 1. The lowest BCUT2D eigenvalue weighted by Crippen LogP contribution is -2.16. The van der Waals surface area contributed by atoms with Crippen molar-refractivity contribution in [1.29, 1.82) is 0 Å². The molecule has 0 saturated carbocycles. The normalized spacial score (nSPS) is 11.7. The van der Waals surface area contributed by atoms with Gasteiger partial charge in [0.1, 0.15) is 5.82 Å². The second-order valence-corrected chi connectivity index (χ2v) is 6.24. The van der Waals surface area contributed by atoms with Crippen molar-refractivity contribution in [2.45, 2.75) is 13.5 Å². The van der Waals surface area contributed by atoms with Gasteiger partial charge in [-0.3, -0.25) is 4.79 Å². The summed E-state index contributed by atoms with van der Waals surface area (Å²) in [6.45, 7) is 2.54. The first-order chi connectivity index (χ1) is 12.0. The third-order valence-electron chi connectivity index (χ3n) is 3.69. The van der Waals surface area contributed by atoms with Crippen LogP contribution in [0, 0.1) is 5.82 Å². The van der Waals surface area contributed by atoms with E-state index in [0.717, 1.165) is 16.3 Å². The highest BCUT2D eigenvalue weighted by Crippen LogP contribution is 2.20. The van der Waals surface area contributed by atoms with Gasteiger partial charge in [0.25, 0.3) is 5.91 Å². The number of aryl methyl sites for hydroxylation is 1. The van der Waals surface area contributed by atoms with E-state index >= 15 is 0 Å². The summed E-state index contributed by atoms with van der Waals surface area (Å²) in [5, 5.41) is 0. The number of hydrogen-bond acceptors (Lipinski definition) is 4. The van der Waals surface area contributed by atoms with E-state index in [-0.39, 0.29) is 5.56 Å². The second kappa shape index (κ2) is 6.98. The molecule has 0 spiro atoms. The number of amides is 1. The summed E-state index contributed by atoms with van der Waals surface area (Å²) < 4.78 is 20.7. The highest BCUT2D eigenvalue weighted by Gasteiger charge is 2.12. The van der Waals surface area contributed by atoms with Crippen molar-refractivity contribution >= 4 is 33.4 Å². The third-order valence-corrected chi connectivity index (χ3v) is 4.73. The molecule has 7 heteroatoms. The Labute approximate surface area is 147 Å². The zero-order valence-electron chi connectivity index (χ0n) is 13.7. The van der Waals surface area contributed by atoms with Crippen LogP contribution in [0.5, 0.6) is 0 Å². The number of esters is 1. The Morgan fingerprint density at radius 1 is 1.20 bits per heavy atom. The molecule has 0 bridgehead atoms. The molecule has 128 valence electrons. The van der Waals surface area contributed by atoms with Gasteiger partial charge < -0.3 is 9.30 Å². The molecular weight excluding hydrogens is 343 g/mol. The van der Waals surface area contributed by atoms with Gasteiger partial charge in [-0.25, -0.2) is 9.18 Å². The average molecular weight is 358 g/mol. The lowest BCUT2D eigenvalue weighted by Gasteiger charge is -2.02. The van der Waals surface area contributed by atoms with E-state index in [1.165, 1.54) is 36.6 Å². The Bertz CT molecular complexity index is 1040. The van der Waals surface area contributed by atoms with Crippen LogP contribution in [0.1, 0.15) is 27.6 Å². The fourth-order valence-electron chi connectivity index (χ4n) is 2.48. The number of carbonyl (C=O) groups is 2. The highest BCUT2D eigenvalue weighted by atomic mass is 32.1. The van der Waals surface area contributed by atoms with E-state index in [9.17, 15) is 14.0 Å². The summed E-state index contributed by atoms with van der Waals surface area (Å²) in [6.07, 6.45) is 0. The molecule has 1 amide bonds. The zero-order chi connectivity index (χ0) is 18.0. The predicted molar refractivity (Wildman–Crippen MR) is 93.1 cm³/mol. The standard InChI is InChI=1S/C18H15FN2O3S/c1-3-21-14-8-7-12(17(23)24-2)10-15(14)25-18(21)20-16(22)11-5-4-6-13(19)9-11/h4-10H,3H2,1-2H3. The summed E-state index contributed by atoms with van der Waals surface area (Å²) in [5.74, 6) is -1.42. The average Bonchev–Trinajstić information content (AvgIpc) is 2.96. The van der Waals surface area contributed by atoms with Crippen LogP contribution in [0.15, 0.2) is 47.5 Å². The van der Waals surface area contributed by atoms with E-state index in [4.69, 9.17) is 4.74 Å². The Morgan fingerprint density at radius 3 is 2.68 bits per heavy atom. The molecule has 3 rings (SSSR count). The fourth-order valence-corrected chi connectivity index (χ4v) is 3.61.